The second-order valence-corrected chi connectivity index (χ2v) is 5.67. The summed E-state index contributed by atoms with van der Waals surface area (Å²) in [6, 6.07) is 8.16. The zero-order chi connectivity index (χ0) is 16.7. The van der Waals surface area contributed by atoms with Crippen molar-refractivity contribution < 1.29 is 9.84 Å². The van der Waals surface area contributed by atoms with E-state index in [9.17, 15) is 5.11 Å². The molecular formula is C18H25N3O2. The second kappa shape index (κ2) is 8.50. The topological polar surface area (TPSA) is 59.3 Å². The number of allylic oxidation sites excluding steroid dienone is 1. The van der Waals surface area contributed by atoms with Crippen molar-refractivity contribution in [2.45, 2.75) is 32.9 Å². The summed E-state index contributed by atoms with van der Waals surface area (Å²) in [5, 5.41) is 13.2. The van der Waals surface area contributed by atoms with E-state index in [1.807, 2.05) is 61.9 Å². The van der Waals surface area contributed by atoms with Crippen LogP contribution in [0.4, 0.5) is 0 Å². The predicted molar refractivity (Wildman–Crippen MR) is 92.4 cm³/mol. The lowest BCUT2D eigenvalue weighted by molar-refractivity contribution is 0.104. The molecule has 2 rings (SSSR count). The molecule has 0 fully saturated rings. The highest BCUT2D eigenvalue weighted by molar-refractivity contribution is 5.70. The van der Waals surface area contributed by atoms with E-state index >= 15 is 0 Å². The maximum Gasteiger partial charge on any atom is 0.128 e. The SMILES string of the molecule is C/C=C(\c1ccccc1OCC(O)CNC(C)C)n1ccnc1. The highest BCUT2D eigenvalue weighted by Crippen LogP contribution is 2.27. The number of nitrogens with one attached hydrogen (secondary N) is 1. The molecule has 0 amide bonds. The number of para-hydroxylation sites is 1. The Morgan fingerprint density at radius 2 is 2.17 bits per heavy atom. The first-order valence-corrected chi connectivity index (χ1v) is 7.90. The lowest BCUT2D eigenvalue weighted by Crippen LogP contribution is -2.35. The fourth-order valence-electron chi connectivity index (χ4n) is 2.27. The number of aromatic nitrogens is 2. The Morgan fingerprint density at radius 1 is 1.39 bits per heavy atom. The summed E-state index contributed by atoms with van der Waals surface area (Å²) in [5.41, 5.74) is 1.96. The average molecular weight is 315 g/mol. The van der Waals surface area contributed by atoms with Gasteiger partial charge in [0.05, 0.1) is 12.0 Å². The van der Waals surface area contributed by atoms with Gasteiger partial charge in [0.1, 0.15) is 18.5 Å². The number of aliphatic hydroxyl groups excluding tert-OH is 1. The van der Waals surface area contributed by atoms with Crippen molar-refractivity contribution in [2.24, 2.45) is 0 Å². The van der Waals surface area contributed by atoms with Crippen LogP contribution in [0.5, 0.6) is 5.75 Å². The third-order valence-electron chi connectivity index (χ3n) is 3.41. The Hall–Kier alpha value is -2.11. The van der Waals surface area contributed by atoms with Gasteiger partial charge in [0.15, 0.2) is 0 Å². The van der Waals surface area contributed by atoms with Crippen LogP contribution in [0.1, 0.15) is 26.3 Å². The number of ether oxygens (including phenoxy) is 1. The van der Waals surface area contributed by atoms with Crippen LogP contribution in [-0.4, -0.2) is 40.0 Å². The Bertz CT molecular complexity index is 621. The molecule has 23 heavy (non-hydrogen) atoms. The number of nitrogens with zero attached hydrogens (tertiary/aromatic N) is 2. The molecule has 0 spiro atoms. The molecule has 2 aromatic rings. The van der Waals surface area contributed by atoms with Crippen molar-refractivity contribution in [3.63, 3.8) is 0 Å². The van der Waals surface area contributed by atoms with Gasteiger partial charge in [-0.1, -0.05) is 32.1 Å². The summed E-state index contributed by atoms with van der Waals surface area (Å²) in [4.78, 5) is 4.09. The minimum Gasteiger partial charge on any atom is -0.490 e. The summed E-state index contributed by atoms with van der Waals surface area (Å²) in [5.74, 6) is 0.748. The third kappa shape index (κ3) is 4.94. The summed E-state index contributed by atoms with van der Waals surface area (Å²) in [7, 11) is 0. The standard InChI is InChI=1S/C18H25N3O2/c1-4-17(21-10-9-19-13-21)16-7-5-6-8-18(16)23-12-15(22)11-20-14(2)3/h4-10,13-15,20,22H,11-12H2,1-3H3/b17-4+. The quantitative estimate of drug-likeness (QED) is 0.786. The summed E-state index contributed by atoms with van der Waals surface area (Å²) < 4.78 is 7.79. The Morgan fingerprint density at radius 3 is 2.83 bits per heavy atom. The minimum atomic E-state index is -0.548. The number of hydrogen-bond acceptors (Lipinski definition) is 4. The van der Waals surface area contributed by atoms with Crippen molar-refractivity contribution in [3.05, 3.63) is 54.6 Å². The van der Waals surface area contributed by atoms with Gasteiger partial charge in [0, 0.05) is 30.5 Å². The molecule has 124 valence electrons. The van der Waals surface area contributed by atoms with Gasteiger partial charge in [-0.15, -0.1) is 0 Å². The number of imidazole rings is 1. The van der Waals surface area contributed by atoms with E-state index in [2.05, 4.69) is 10.3 Å². The van der Waals surface area contributed by atoms with Crippen LogP contribution in [0, 0.1) is 0 Å². The average Bonchev–Trinajstić information content (AvgIpc) is 3.07. The lowest BCUT2D eigenvalue weighted by atomic mass is 10.1. The smallest absolute Gasteiger partial charge is 0.128 e. The summed E-state index contributed by atoms with van der Waals surface area (Å²) in [6.45, 7) is 6.83. The van der Waals surface area contributed by atoms with E-state index in [0.29, 0.717) is 12.6 Å². The largest absolute Gasteiger partial charge is 0.490 e. The Labute approximate surface area is 137 Å². The summed E-state index contributed by atoms with van der Waals surface area (Å²) in [6.07, 6.45) is 6.86. The molecule has 1 aromatic heterocycles. The van der Waals surface area contributed by atoms with Crippen LogP contribution in [0.3, 0.4) is 0 Å². The lowest BCUT2D eigenvalue weighted by Gasteiger charge is -2.18. The van der Waals surface area contributed by atoms with Gasteiger partial charge in [0.25, 0.3) is 0 Å². The van der Waals surface area contributed by atoms with Crippen molar-refractivity contribution in [1.82, 2.24) is 14.9 Å². The van der Waals surface area contributed by atoms with E-state index in [1.54, 1.807) is 12.5 Å². The zero-order valence-corrected chi connectivity index (χ0v) is 13.9. The van der Waals surface area contributed by atoms with Crippen molar-refractivity contribution in [3.8, 4) is 5.75 Å². The van der Waals surface area contributed by atoms with Crippen LogP contribution < -0.4 is 10.1 Å². The van der Waals surface area contributed by atoms with Gasteiger partial charge in [0.2, 0.25) is 0 Å². The highest BCUT2D eigenvalue weighted by Gasteiger charge is 2.12. The van der Waals surface area contributed by atoms with Gasteiger partial charge in [-0.2, -0.15) is 0 Å². The van der Waals surface area contributed by atoms with E-state index in [0.717, 1.165) is 17.0 Å². The first-order chi connectivity index (χ1) is 11.1. The molecule has 5 nitrogen and oxygen atoms in total. The fraction of sp³-hybridized carbons (Fsp3) is 0.389. The Kier molecular flexibility index (Phi) is 6.38. The van der Waals surface area contributed by atoms with Crippen LogP contribution in [0.25, 0.3) is 5.70 Å². The van der Waals surface area contributed by atoms with Crippen LogP contribution >= 0.6 is 0 Å². The predicted octanol–water partition coefficient (Wildman–Crippen LogP) is 2.53. The zero-order valence-electron chi connectivity index (χ0n) is 13.9. The molecule has 5 heteroatoms. The Balaban J connectivity index is 2.09. The molecule has 2 N–H and O–H groups in total. The van der Waals surface area contributed by atoms with Gasteiger partial charge in [-0.3, -0.25) is 0 Å². The number of aliphatic hydroxyl groups is 1. The molecule has 0 aliphatic rings. The first-order valence-electron chi connectivity index (χ1n) is 7.90. The second-order valence-electron chi connectivity index (χ2n) is 5.67. The summed E-state index contributed by atoms with van der Waals surface area (Å²) >= 11 is 0. The van der Waals surface area contributed by atoms with Crippen LogP contribution in [0.2, 0.25) is 0 Å². The monoisotopic (exact) mass is 315 g/mol. The van der Waals surface area contributed by atoms with Crippen molar-refractivity contribution in [2.75, 3.05) is 13.2 Å². The van der Waals surface area contributed by atoms with Crippen molar-refractivity contribution in [1.29, 1.82) is 0 Å². The van der Waals surface area contributed by atoms with Crippen LogP contribution in [0.15, 0.2) is 49.1 Å². The number of hydrogen-bond donors (Lipinski definition) is 2. The minimum absolute atomic E-state index is 0.248. The maximum atomic E-state index is 10.0. The van der Waals surface area contributed by atoms with Gasteiger partial charge >= 0.3 is 0 Å². The van der Waals surface area contributed by atoms with E-state index in [-0.39, 0.29) is 6.61 Å². The molecule has 0 saturated carbocycles. The highest BCUT2D eigenvalue weighted by atomic mass is 16.5. The van der Waals surface area contributed by atoms with Crippen LogP contribution in [-0.2, 0) is 0 Å². The molecular weight excluding hydrogens is 290 g/mol. The van der Waals surface area contributed by atoms with Gasteiger partial charge in [-0.05, 0) is 19.1 Å². The number of benzene rings is 1. The van der Waals surface area contributed by atoms with E-state index < -0.39 is 6.10 Å². The molecule has 0 saturated heterocycles. The molecule has 1 atom stereocenters. The molecule has 1 heterocycles. The first kappa shape index (κ1) is 17.2. The fourth-order valence-corrected chi connectivity index (χ4v) is 2.27. The van der Waals surface area contributed by atoms with E-state index in [4.69, 9.17) is 4.74 Å². The number of rotatable bonds is 8. The van der Waals surface area contributed by atoms with Gasteiger partial charge < -0.3 is 19.7 Å². The molecule has 0 aliphatic carbocycles. The van der Waals surface area contributed by atoms with Gasteiger partial charge in [-0.25, -0.2) is 4.98 Å². The molecule has 0 bridgehead atoms. The normalized spacial score (nSPS) is 13.3. The van der Waals surface area contributed by atoms with E-state index in [1.165, 1.54) is 0 Å². The molecule has 0 aliphatic heterocycles. The third-order valence-corrected chi connectivity index (χ3v) is 3.41. The molecule has 1 unspecified atom stereocenters. The molecule has 0 radical (unpaired) electrons. The van der Waals surface area contributed by atoms with Crippen molar-refractivity contribution >= 4 is 5.70 Å². The molecule has 1 aromatic carbocycles. The maximum absolute atomic E-state index is 10.0.